The summed E-state index contributed by atoms with van der Waals surface area (Å²) in [4.78, 5) is 25.5. The molecule has 2 bridgehead atoms. The number of carboxylic acid groups (broad SMARTS) is 1. The van der Waals surface area contributed by atoms with Gasteiger partial charge in [0.25, 0.3) is 0 Å². The minimum atomic E-state index is -0.750. The van der Waals surface area contributed by atoms with Crippen LogP contribution in [0.3, 0.4) is 0 Å². The van der Waals surface area contributed by atoms with Gasteiger partial charge in [-0.15, -0.1) is 0 Å². The van der Waals surface area contributed by atoms with E-state index in [0.717, 1.165) is 19.3 Å². The van der Waals surface area contributed by atoms with Crippen molar-refractivity contribution in [1.29, 1.82) is 0 Å². The van der Waals surface area contributed by atoms with E-state index in [1.807, 2.05) is 7.05 Å². The first-order chi connectivity index (χ1) is 9.49. The highest BCUT2D eigenvalue weighted by atomic mass is 16.4. The molecule has 5 heteroatoms. The molecular formula is C15H24N2O3. The highest BCUT2D eigenvalue weighted by Crippen LogP contribution is 2.48. The zero-order valence-electron chi connectivity index (χ0n) is 12.2. The molecule has 5 atom stereocenters. The molecule has 3 rings (SSSR count). The molecule has 3 aliphatic carbocycles. The molecule has 0 radical (unpaired) electrons. The first-order valence-electron chi connectivity index (χ1n) is 7.75. The SMILES string of the molecule is CC(C1CC1)N(C)C(=O)NC1C2CCC(C2)C1C(=O)O. The highest BCUT2D eigenvalue weighted by molar-refractivity contribution is 5.77. The Labute approximate surface area is 119 Å². The molecule has 5 nitrogen and oxygen atoms in total. The number of carboxylic acids is 1. The van der Waals surface area contributed by atoms with Gasteiger partial charge in [-0.25, -0.2) is 4.79 Å². The molecule has 0 heterocycles. The maximum Gasteiger partial charge on any atom is 0.317 e. The van der Waals surface area contributed by atoms with Crippen LogP contribution < -0.4 is 5.32 Å². The number of carbonyl (C=O) groups excluding carboxylic acids is 1. The van der Waals surface area contributed by atoms with Gasteiger partial charge in [-0.1, -0.05) is 0 Å². The lowest BCUT2D eigenvalue weighted by Gasteiger charge is -2.32. The molecule has 0 aromatic rings. The van der Waals surface area contributed by atoms with Gasteiger partial charge in [-0.3, -0.25) is 4.79 Å². The lowest BCUT2D eigenvalue weighted by molar-refractivity contribution is -0.144. The number of nitrogens with one attached hydrogen (secondary N) is 1. The third-order valence-electron chi connectivity index (χ3n) is 5.73. The molecule has 0 aromatic heterocycles. The minimum Gasteiger partial charge on any atom is -0.481 e. The molecule has 3 aliphatic rings. The molecule has 3 fully saturated rings. The maximum absolute atomic E-state index is 12.3. The average Bonchev–Trinajstić information content (AvgIpc) is 3.07. The van der Waals surface area contributed by atoms with Crippen molar-refractivity contribution in [2.45, 2.75) is 51.1 Å². The van der Waals surface area contributed by atoms with E-state index < -0.39 is 5.97 Å². The van der Waals surface area contributed by atoms with Crippen LogP contribution in [0.1, 0.15) is 39.0 Å². The third kappa shape index (κ3) is 2.27. The number of aliphatic carboxylic acids is 1. The smallest absolute Gasteiger partial charge is 0.317 e. The Kier molecular flexibility index (Phi) is 3.38. The second-order valence-electron chi connectivity index (χ2n) is 6.86. The molecule has 20 heavy (non-hydrogen) atoms. The van der Waals surface area contributed by atoms with Crippen LogP contribution in [0.15, 0.2) is 0 Å². The normalized spacial score (nSPS) is 36.7. The van der Waals surface area contributed by atoms with E-state index in [9.17, 15) is 14.7 Å². The Hall–Kier alpha value is -1.26. The standard InChI is InChI=1S/C15H24N2O3/c1-8(9-3-4-9)17(2)15(20)16-13-11-6-5-10(7-11)12(13)14(18)19/h8-13H,3-7H2,1-2H3,(H,16,20)(H,18,19). The Morgan fingerprint density at radius 3 is 2.45 bits per heavy atom. The van der Waals surface area contributed by atoms with Crippen molar-refractivity contribution in [3.8, 4) is 0 Å². The van der Waals surface area contributed by atoms with Crippen LogP contribution in [0.25, 0.3) is 0 Å². The van der Waals surface area contributed by atoms with Crippen LogP contribution in [0.2, 0.25) is 0 Å². The maximum atomic E-state index is 12.3. The number of carbonyl (C=O) groups is 2. The van der Waals surface area contributed by atoms with Crippen LogP contribution in [-0.4, -0.2) is 41.1 Å². The van der Waals surface area contributed by atoms with Gasteiger partial charge in [0.05, 0.1) is 5.92 Å². The second kappa shape index (κ2) is 4.93. The molecule has 0 spiro atoms. The quantitative estimate of drug-likeness (QED) is 0.826. The number of amides is 2. The van der Waals surface area contributed by atoms with Gasteiger partial charge in [0.15, 0.2) is 0 Å². The number of hydrogen-bond acceptors (Lipinski definition) is 2. The first kappa shape index (κ1) is 13.7. The fourth-order valence-electron chi connectivity index (χ4n) is 4.18. The zero-order valence-corrected chi connectivity index (χ0v) is 12.2. The average molecular weight is 280 g/mol. The van der Waals surface area contributed by atoms with Gasteiger partial charge < -0.3 is 15.3 Å². The number of urea groups is 1. The largest absolute Gasteiger partial charge is 0.481 e. The molecule has 112 valence electrons. The number of nitrogens with zero attached hydrogens (tertiary/aromatic N) is 1. The van der Waals surface area contributed by atoms with E-state index in [1.165, 1.54) is 12.8 Å². The Bertz CT molecular complexity index is 421. The monoisotopic (exact) mass is 280 g/mol. The summed E-state index contributed by atoms with van der Waals surface area (Å²) in [6, 6.07) is -0.0299. The van der Waals surface area contributed by atoms with Crippen molar-refractivity contribution < 1.29 is 14.7 Å². The zero-order chi connectivity index (χ0) is 14.4. The summed E-state index contributed by atoms with van der Waals surface area (Å²) in [5.74, 6) is 0.104. The number of rotatable bonds is 4. The van der Waals surface area contributed by atoms with Gasteiger partial charge >= 0.3 is 12.0 Å². The molecule has 2 N–H and O–H groups in total. The first-order valence-corrected chi connectivity index (χ1v) is 7.75. The Morgan fingerprint density at radius 1 is 1.20 bits per heavy atom. The van der Waals surface area contributed by atoms with Crippen molar-refractivity contribution in [3.05, 3.63) is 0 Å². The van der Waals surface area contributed by atoms with Crippen LogP contribution in [0.5, 0.6) is 0 Å². The van der Waals surface area contributed by atoms with E-state index >= 15 is 0 Å². The fourth-order valence-corrected chi connectivity index (χ4v) is 4.18. The molecule has 0 aliphatic heterocycles. The molecule has 0 saturated heterocycles. The van der Waals surface area contributed by atoms with Gasteiger partial charge in [-0.2, -0.15) is 0 Å². The minimum absolute atomic E-state index is 0.104. The van der Waals surface area contributed by atoms with E-state index in [0.29, 0.717) is 11.8 Å². The van der Waals surface area contributed by atoms with Crippen LogP contribution in [-0.2, 0) is 4.79 Å². The summed E-state index contributed by atoms with van der Waals surface area (Å²) in [6.07, 6.45) is 5.42. The van der Waals surface area contributed by atoms with Crippen LogP contribution in [0.4, 0.5) is 4.79 Å². The summed E-state index contributed by atoms with van der Waals surface area (Å²) in [5, 5.41) is 12.4. The van der Waals surface area contributed by atoms with E-state index in [2.05, 4.69) is 12.2 Å². The van der Waals surface area contributed by atoms with Gasteiger partial charge in [0, 0.05) is 19.1 Å². The Morgan fingerprint density at radius 2 is 1.85 bits per heavy atom. The lowest BCUT2D eigenvalue weighted by Crippen LogP contribution is -2.52. The van der Waals surface area contributed by atoms with Gasteiger partial charge in [-0.05, 0) is 56.8 Å². The lowest BCUT2D eigenvalue weighted by atomic mass is 9.84. The Balaban J connectivity index is 1.64. The molecule has 3 saturated carbocycles. The van der Waals surface area contributed by atoms with Crippen molar-refractivity contribution in [1.82, 2.24) is 10.2 Å². The summed E-state index contributed by atoms with van der Waals surface area (Å²) in [5.41, 5.74) is 0. The predicted molar refractivity (Wildman–Crippen MR) is 74.2 cm³/mol. The van der Waals surface area contributed by atoms with Crippen molar-refractivity contribution in [2.75, 3.05) is 7.05 Å². The summed E-state index contributed by atoms with van der Waals surface area (Å²) >= 11 is 0. The van der Waals surface area contributed by atoms with Crippen molar-refractivity contribution >= 4 is 12.0 Å². The summed E-state index contributed by atoms with van der Waals surface area (Å²) in [7, 11) is 1.82. The molecule has 0 aromatic carbocycles. The van der Waals surface area contributed by atoms with Crippen LogP contribution >= 0.6 is 0 Å². The molecule has 5 unspecified atom stereocenters. The van der Waals surface area contributed by atoms with Crippen LogP contribution in [0, 0.1) is 23.7 Å². The topological polar surface area (TPSA) is 69.6 Å². The molecular weight excluding hydrogens is 256 g/mol. The van der Waals surface area contributed by atoms with Crippen molar-refractivity contribution in [3.63, 3.8) is 0 Å². The van der Waals surface area contributed by atoms with E-state index in [4.69, 9.17) is 0 Å². The van der Waals surface area contributed by atoms with Crippen molar-refractivity contribution in [2.24, 2.45) is 23.7 Å². The third-order valence-corrected chi connectivity index (χ3v) is 5.73. The number of hydrogen-bond donors (Lipinski definition) is 2. The fraction of sp³-hybridized carbons (Fsp3) is 0.867. The van der Waals surface area contributed by atoms with Gasteiger partial charge in [0.2, 0.25) is 0 Å². The second-order valence-corrected chi connectivity index (χ2v) is 6.86. The summed E-state index contributed by atoms with van der Waals surface area (Å²) in [6.45, 7) is 2.08. The van der Waals surface area contributed by atoms with E-state index in [1.54, 1.807) is 4.90 Å². The summed E-state index contributed by atoms with van der Waals surface area (Å²) < 4.78 is 0. The molecule has 2 amide bonds. The highest BCUT2D eigenvalue weighted by Gasteiger charge is 2.52. The van der Waals surface area contributed by atoms with E-state index in [-0.39, 0.29) is 30.0 Å². The number of fused-ring (bicyclic) bond motifs is 2. The predicted octanol–water partition coefficient (Wildman–Crippen LogP) is 1.93. The van der Waals surface area contributed by atoms with Gasteiger partial charge in [0.1, 0.15) is 0 Å².